The van der Waals surface area contributed by atoms with Crippen LogP contribution in [0.2, 0.25) is 0 Å². The smallest absolute Gasteiger partial charge is 0.0839 e. The molecule has 3 rings (SSSR count). The van der Waals surface area contributed by atoms with Gasteiger partial charge in [-0.15, -0.1) is 11.3 Å². The van der Waals surface area contributed by atoms with E-state index in [0.29, 0.717) is 0 Å². The lowest BCUT2D eigenvalue weighted by molar-refractivity contribution is 0.326. The quantitative estimate of drug-likeness (QED) is 0.717. The van der Waals surface area contributed by atoms with Crippen LogP contribution in [0.4, 0.5) is 0 Å². The van der Waals surface area contributed by atoms with Crippen molar-refractivity contribution >= 4 is 21.4 Å². The number of thiophene rings is 1. The number of hydrogen-bond donors (Lipinski definition) is 0. The van der Waals surface area contributed by atoms with Crippen LogP contribution in [0.1, 0.15) is 29.7 Å². The number of fused-ring (bicyclic) bond motifs is 1. The largest absolute Gasteiger partial charge is 0.197 e. The van der Waals surface area contributed by atoms with Crippen molar-refractivity contribution in [2.45, 2.75) is 31.6 Å². The van der Waals surface area contributed by atoms with Crippen molar-refractivity contribution in [1.82, 2.24) is 0 Å². The first-order valence-corrected chi connectivity index (χ1v) is 6.48. The zero-order chi connectivity index (χ0) is 11.2. The molecule has 2 heteroatoms. The minimum atomic E-state index is -0.177. The molecule has 0 radical (unpaired) electrons. The van der Waals surface area contributed by atoms with Gasteiger partial charge in [0.1, 0.15) is 0 Å². The second-order valence-corrected chi connectivity index (χ2v) is 5.83. The zero-order valence-electron chi connectivity index (χ0n) is 9.29. The van der Waals surface area contributed by atoms with E-state index in [0.717, 1.165) is 12.8 Å². The highest BCUT2D eigenvalue weighted by Gasteiger charge is 2.41. The highest BCUT2D eigenvalue weighted by molar-refractivity contribution is 7.19. The van der Waals surface area contributed by atoms with Gasteiger partial charge in [-0.25, -0.2) is 0 Å². The molecule has 0 saturated heterocycles. The van der Waals surface area contributed by atoms with Crippen molar-refractivity contribution in [3.05, 3.63) is 34.7 Å². The Morgan fingerprint density at radius 3 is 2.69 bits per heavy atom. The van der Waals surface area contributed by atoms with Crippen molar-refractivity contribution in [1.29, 1.82) is 5.26 Å². The first-order chi connectivity index (χ1) is 7.77. The second kappa shape index (κ2) is 3.33. The van der Waals surface area contributed by atoms with Crippen LogP contribution in [-0.2, 0) is 5.41 Å². The third-order valence-electron chi connectivity index (χ3n) is 3.67. The Bertz CT molecular complexity index is 584. The number of hydrogen-bond acceptors (Lipinski definition) is 2. The van der Waals surface area contributed by atoms with Gasteiger partial charge in [0.05, 0.1) is 11.5 Å². The Labute approximate surface area is 99.3 Å². The molecule has 1 aliphatic carbocycles. The molecule has 0 spiro atoms. The molecule has 1 nitrogen and oxygen atoms in total. The van der Waals surface area contributed by atoms with Crippen LogP contribution in [0, 0.1) is 18.3 Å². The molecule has 0 aliphatic heterocycles. The van der Waals surface area contributed by atoms with E-state index >= 15 is 0 Å². The van der Waals surface area contributed by atoms with Gasteiger partial charge < -0.3 is 0 Å². The van der Waals surface area contributed by atoms with E-state index in [4.69, 9.17) is 0 Å². The number of rotatable bonds is 1. The molecule has 16 heavy (non-hydrogen) atoms. The van der Waals surface area contributed by atoms with Gasteiger partial charge in [0.2, 0.25) is 0 Å². The summed E-state index contributed by atoms with van der Waals surface area (Å²) in [6.07, 6.45) is 3.26. The van der Waals surface area contributed by atoms with Crippen LogP contribution >= 0.6 is 11.3 Å². The summed E-state index contributed by atoms with van der Waals surface area (Å²) in [5.41, 5.74) is 1.13. The average Bonchev–Trinajstić information content (AvgIpc) is 2.56. The van der Waals surface area contributed by atoms with Crippen LogP contribution in [0.15, 0.2) is 24.3 Å². The number of nitriles is 1. The molecular formula is C14H13NS. The molecule has 80 valence electrons. The Balaban J connectivity index is 2.31. The van der Waals surface area contributed by atoms with Gasteiger partial charge >= 0.3 is 0 Å². The van der Waals surface area contributed by atoms with Crippen molar-refractivity contribution in [3.8, 4) is 6.07 Å². The maximum atomic E-state index is 9.45. The summed E-state index contributed by atoms with van der Waals surface area (Å²) in [7, 11) is 0. The monoisotopic (exact) mass is 227 g/mol. The molecule has 0 unspecified atom stereocenters. The molecule has 0 bridgehead atoms. The van der Waals surface area contributed by atoms with Gasteiger partial charge in [-0.3, -0.25) is 0 Å². The van der Waals surface area contributed by atoms with Crippen LogP contribution in [-0.4, -0.2) is 0 Å². The third-order valence-corrected chi connectivity index (χ3v) is 4.76. The Morgan fingerprint density at radius 2 is 2.06 bits per heavy atom. The molecule has 1 fully saturated rings. The fraction of sp³-hybridized carbons (Fsp3) is 0.357. The van der Waals surface area contributed by atoms with E-state index < -0.39 is 0 Å². The number of benzene rings is 1. The fourth-order valence-electron chi connectivity index (χ4n) is 2.71. The second-order valence-electron chi connectivity index (χ2n) is 4.58. The molecule has 2 aromatic rings. The van der Waals surface area contributed by atoms with E-state index in [1.165, 1.54) is 26.9 Å². The molecule has 1 aromatic heterocycles. The predicted molar refractivity (Wildman–Crippen MR) is 67.7 cm³/mol. The molecule has 1 aromatic carbocycles. The minimum absolute atomic E-state index is 0.177. The molecule has 1 heterocycles. The van der Waals surface area contributed by atoms with Gasteiger partial charge in [-0.05, 0) is 43.2 Å². The van der Waals surface area contributed by atoms with Crippen molar-refractivity contribution in [2.24, 2.45) is 0 Å². The van der Waals surface area contributed by atoms with Gasteiger partial charge in [-0.2, -0.15) is 5.26 Å². The molecule has 0 atom stereocenters. The summed E-state index contributed by atoms with van der Waals surface area (Å²) in [6, 6.07) is 11.0. The van der Waals surface area contributed by atoms with E-state index in [1.807, 2.05) is 11.3 Å². The summed E-state index contributed by atoms with van der Waals surface area (Å²) in [4.78, 5) is 1.32. The maximum Gasteiger partial charge on any atom is 0.0839 e. The summed E-state index contributed by atoms with van der Waals surface area (Å²) < 4.78 is 1.32. The Kier molecular flexibility index (Phi) is 2.05. The zero-order valence-corrected chi connectivity index (χ0v) is 10.1. The lowest BCUT2D eigenvalue weighted by Crippen LogP contribution is -2.32. The molecule has 0 N–H and O–H groups in total. The van der Waals surface area contributed by atoms with Crippen LogP contribution in [0.25, 0.3) is 10.1 Å². The first kappa shape index (κ1) is 9.86. The van der Waals surface area contributed by atoms with Crippen LogP contribution < -0.4 is 0 Å². The highest BCUT2D eigenvalue weighted by Crippen LogP contribution is 2.49. The molecular weight excluding hydrogens is 214 g/mol. The molecule has 1 aliphatic rings. The van der Waals surface area contributed by atoms with Crippen LogP contribution in [0.3, 0.4) is 0 Å². The Morgan fingerprint density at radius 1 is 1.31 bits per heavy atom. The van der Waals surface area contributed by atoms with E-state index in [-0.39, 0.29) is 5.41 Å². The lowest BCUT2D eigenvalue weighted by Gasteiger charge is -2.36. The van der Waals surface area contributed by atoms with Gasteiger partial charge in [-0.1, -0.05) is 18.2 Å². The standard InChI is InChI=1S/C14H13NS/c1-10-13(14(9-15)7-4-8-14)11-5-2-3-6-12(11)16-10/h2-3,5-6H,4,7-8H2,1H3. The van der Waals surface area contributed by atoms with E-state index in [2.05, 4.69) is 37.3 Å². The summed E-state index contributed by atoms with van der Waals surface area (Å²) in [5, 5.41) is 10.7. The number of aryl methyl sites for hydroxylation is 1. The van der Waals surface area contributed by atoms with E-state index in [1.54, 1.807) is 0 Å². The number of nitrogens with zero attached hydrogens (tertiary/aromatic N) is 1. The first-order valence-electron chi connectivity index (χ1n) is 5.67. The van der Waals surface area contributed by atoms with Gasteiger partial charge in [0.25, 0.3) is 0 Å². The lowest BCUT2D eigenvalue weighted by atomic mass is 9.65. The third kappa shape index (κ3) is 1.15. The highest BCUT2D eigenvalue weighted by atomic mass is 32.1. The van der Waals surface area contributed by atoms with E-state index in [9.17, 15) is 5.26 Å². The molecule has 1 saturated carbocycles. The minimum Gasteiger partial charge on any atom is -0.197 e. The maximum absolute atomic E-state index is 9.45. The normalized spacial score (nSPS) is 18.0. The Hall–Kier alpha value is -1.33. The summed E-state index contributed by atoms with van der Waals surface area (Å²) in [5.74, 6) is 0. The van der Waals surface area contributed by atoms with Gasteiger partial charge in [0.15, 0.2) is 0 Å². The summed E-state index contributed by atoms with van der Waals surface area (Å²) >= 11 is 1.82. The topological polar surface area (TPSA) is 23.8 Å². The van der Waals surface area contributed by atoms with Gasteiger partial charge in [0, 0.05) is 9.58 Å². The molecule has 0 amide bonds. The fourth-order valence-corrected chi connectivity index (χ4v) is 3.87. The summed E-state index contributed by atoms with van der Waals surface area (Å²) in [6.45, 7) is 2.15. The van der Waals surface area contributed by atoms with Crippen molar-refractivity contribution in [2.75, 3.05) is 0 Å². The van der Waals surface area contributed by atoms with Crippen molar-refractivity contribution < 1.29 is 0 Å². The average molecular weight is 227 g/mol. The predicted octanol–water partition coefficient (Wildman–Crippen LogP) is 4.16. The SMILES string of the molecule is Cc1sc2ccccc2c1C1(C#N)CCC1. The van der Waals surface area contributed by atoms with Crippen LogP contribution in [0.5, 0.6) is 0 Å². The van der Waals surface area contributed by atoms with Crippen molar-refractivity contribution in [3.63, 3.8) is 0 Å².